The molecule has 1 unspecified atom stereocenters. The topological polar surface area (TPSA) is 89.4 Å². The van der Waals surface area contributed by atoms with Crippen LogP contribution in [0, 0.1) is 0 Å². The summed E-state index contributed by atoms with van der Waals surface area (Å²) in [6.07, 6.45) is 4.03. The van der Waals surface area contributed by atoms with Crippen molar-refractivity contribution < 1.29 is 14.4 Å². The fourth-order valence-electron chi connectivity index (χ4n) is 3.05. The molecule has 1 aliphatic rings. The van der Waals surface area contributed by atoms with Crippen molar-refractivity contribution >= 4 is 0 Å². The van der Waals surface area contributed by atoms with Gasteiger partial charge in [0.15, 0.2) is 11.4 Å². The van der Waals surface area contributed by atoms with E-state index in [9.17, 15) is 5.11 Å². The first kappa shape index (κ1) is 17.1. The molecule has 0 bridgehead atoms. The summed E-state index contributed by atoms with van der Waals surface area (Å²) in [6, 6.07) is 2.02. The van der Waals surface area contributed by atoms with Crippen molar-refractivity contribution in [2.75, 3.05) is 26.8 Å². The summed E-state index contributed by atoms with van der Waals surface area (Å²) in [7, 11) is 1.70. The van der Waals surface area contributed by atoms with Gasteiger partial charge < -0.3 is 14.4 Å². The second kappa shape index (κ2) is 7.42. The Morgan fingerprint density at radius 2 is 2.33 bits per heavy atom. The Balaban J connectivity index is 1.61. The van der Waals surface area contributed by atoms with Crippen LogP contribution in [0.15, 0.2) is 16.8 Å². The minimum Gasteiger partial charge on any atom is -0.385 e. The van der Waals surface area contributed by atoms with Crippen molar-refractivity contribution in [2.24, 2.45) is 0 Å². The molecular formula is C16H25N5O3. The Kier molecular flexibility index (Phi) is 5.27. The van der Waals surface area contributed by atoms with Gasteiger partial charge in [-0.3, -0.25) is 9.58 Å². The number of hydrogen-bond donors (Lipinski definition) is 1. The minimum atomic E-state index is -1.05. The molecule has 8 nitrogen and oxygen atoms in total. The molecule has 2 aromatic heterocycles. The molecule has 1 aliphatic heterocycles. The summed E-state index contributed by atoms with van der Waals surface area (Å²) < 4.78 is 12.3. The summed E-state index contributed by atoms with van der Waals surface area (Å²) in [5, 5.41) is 19.1. The van der Waals surface area contributed by atoms with Gasteiger partial charge in [-0.1, -0.05) is 12.1 Å². The lowest BCUT2D eigenvalue weighted by molar-refractivity contribution is 0.0129. The zero-order valence-corrected chi connectivity index (χ0v) is 14.3. The summed E-state index contributed by atoms with van der Waals surface area (Å²) in [5.41, 5.74) is 0.0801. The Bertz CT molecular complexity index is 656. The number of β-amino-alcohol motifs (C(OH)–C–C–N with tert-alkyl or cyclic N) is 1. The molecule has 2 aromatic rings. The first-order valence-electron chi connectivity index (χ1n) is 8.42. The molecule has 0 spiro atoms. The van der Waals surface area contributed by atoms with Crippen molar-refractivity contribution in [1.82, 2.24) is 24.8 Å². The summed E-state index contributed by atoms with van der Waals surface area (Å²) in [4.78, 5) is 6.49. The van der Waals surface area contributed by atoms with E-state index >= 15 is 0 Å². The van der Waals surface area contributed by atoms with Crippen LogP contribution in [0.4, 0.5) is 0 Å². The van der Waals surface area contributed by atoms with Crippen LogP contribution < -0.4 is 0 Å². The van der Waals surface area contributed by atoms with Crippen molar-refractivity contribution in [1.29, 1.82) is 0 Å². The number of aromatic nitrogens is 4. The normalized spacial score (nSPS) is 21.6. The Labute approximate surface area is 141 Å². The lowest BCUT2D eigenvalue weighted by atomic mass is 10.0. The molecule has 0 amide bonds. The van der Waals surface area contributed by atoms with Gasteiger partial charge in [-0.25, -0.2) is 0 Å². The van der Waals surface area contributed by atoms with Crippen molar-refractivity contribution in [3.05, 3.63) is 29.7 Å². The van der Waals surface area contributed by atoms with Crippen molar-refractivity contribution in [3.8, 4) is 0 Å². The Morgan fingerprint density at radius 1 is 1.46 bits per heavy atom. The average Bonchev–Trinajstić information content (AvgIpc) is 3.29. The van der Waals surface area contributed by atoms with Gasteiger partial charge >= 0.3 is 0 Å². The largest absolute Gasteiger partial charge is 0.385 e. The standard InChI is InChI=1S/C16H25N5O3/c1-3-14-18-15(24-19-14)16(22)6-9-20(12-16)11-13-5-7-17-21(13)8-4-10-23-2/h5,7,22H,3-4,6,8-12H2,1-2H3. The van der Waals surface area contributed by atoms with Gasteiger partial charge in [-0.05, 0) is 18.9 Å². The van der Waals surface area contributed by atoms with Crippen molar-refractivity contribution in [3.63, 3.8) is 0 Å². The van der Waals surface area contributed by atoms with Gasteiger partial charge in [-0.15, -0.1) is 0 Å². The van der Waals surface area contributed by atoms with Gasteiger partial charge in [0.25, 0.3) is 5.89 Å². The summed E-state index contributed by atoms with van der Waals surface area (Å²) >= 11 is 0. The maximum atomic E-state index is 10.8. The SMILES string of the molecule is CCc1noc(C2(O)CCN(Cc3ccnn3CCCOC)C2)n1. The van der Waals surface area contributed by atoms with Gasteiger partial charge in [0, 0.05) is 52.5 Å². The summed E-state index contributed by atoms with van der Waals surface area (Å²) in [6.45, 7) is 5.52. The first-order chi connectivity index (χ1) is 11.6. The third-order valence-corrected chi connectivity index (χ3v) is 4.42. The summed E-state index contributed by atoms with van der Waals surface area (Å²) in [5.74, 6) is 0.962. The molecule has 3 rings (SSSR count). The van der Waals surface area contributed by atoms with Crippen LogP contribution in [-0.4, -0.2) is 56.7 Å². The molecular weight excluding hydrogens is 310 g/mol. The lowest BCUT2D eigenvalue weighted by Gasteiger charge is -2.20. The second-order valence-corrected chi connectivity index (χ2v) is 6.25. The van der Waals surface area contributed by atoms with E-state index < -0.39 is 5.60 Å². The highest BCUT2D eigenvalue weighted by atomic mass is 16.5. The smallest absolute Gasteiger partial charge is 0.259 e. The number of nitrogens with zero attached hydrogens (tertiary/aromatic N) is 5. The average molecular weight is 335 g/mol. The van der Waals surface area contributed by atoms with Crippen LogP contribution >= 0.6 is 0 Å². The van der Waals surface area contributed by atoms with E-state index in [0.29, 0.717) is 31.1 Å². The zero-order valence-electron chi connectivity index (χ0n) is 14.3. The molecule has 1 N–H and O–H groups in total. The van der Waals surface area contributed by atoms with E-state index in [4.69, 9.17) is 9.26 Å². The minimum absolute atomic E-state index is 0.329. The maximum Gasteiger partial charge on any atom is 0.259 e. The predicted octanol–water partition coefficient (Wildman–Crippen LogP) is 0.958. The molecule has 0 radical (unpaired) electrons. The molecule has 24 heavy (non-hydrogen) atoms. The molecule has 0 aliphatic carbocycles. The van der Waals surface area contributed by atoms with Crippen LogP contribution in [0.2, 0.25) is 0 Å². The predicted molar refractivity (Wildman–Crippen MR) is 86.2 cm³/mol. The van der Waals surface area contributed by atoms with Gasteiger partial charge in [0.1, 0.15) is 0 Å². The van der Waals surface area contributed by atoms with E-state index in [0.717, 1.165) is 38.4 Å². The number of ether oxygens (including phenoxy) is 1. The lowest BCUT2D eigenvalue weighted by Crippen LogP contribution is -2.31. The first-order valence-corrected chi connectivity index (χ1v) is 8.42. The fourth-order valence-corrected chi connectivity index (χ4v) is 3.05. The molecule has 132 valence electrons. The zero-order chi connectivity index (χ0) is 17.0. The number of rotatable bonds is 8. The van der Waals surface area contributed by atoms with Gasteiger partial charge in [-0.2, -0.15) is 10.1 Å². The third kappa shape index (κ3) is 3.66. The van der Waals surface area contributed by atoms with Gasteiger partial charge in [0.2, 0.25) is 0 Å². The number of hydrogen-bond acceptors (Lipinski definition) is 7. The monoisotopic (exact) mass is 335 g/mol. The third-order valence-electron chi connectivity index (χ3n) is 4.42. The van der Waals surface area contributed by atoms with E-state index in [1.165, 1.54) is 0 Å². The van der Waals surface area contributed by atoms with Crippen molar-refractivity contribution in [2.45, 2.75) is 44.9 Å². The highest BCUT2D eigenvalue weighted by Gasteiger charge is 2.42. The van der Waals surface area contributed by atoms with Crippen LogP contribution in [0.25, 0.3) is 0 Å². The van der Waals surface area contributed by atoms with Crippen LogP contribution in [-0.2, 0) is 29.8 Å². The molecule has 0 saturated carbocycles. The van der Waals surface area contributed by atoms with E-state index in [2.05, 4.69) is 20.1 Å². The van der Waals surface area contributed by atoms with Gasteiger partial charge in [0.05, 0.1) is 5.69 Å². The highest BCUT2D eigenvalue weighted by Crippen LogP contribution is 2.31. The fraction of sp³-hybridized carbons (Fsp3) is 0.688. The van der Waals surface area contributed by atoms with E-state index in [1.54, 1.807) is 7.11 Å². The number of methoxy groups -OCH3 is 1. The number of aryl methyl sites for hydroxylation is 2. The molecule has 8 heteroatoms. The molecule has 0 aromatic carbocycles. The molecule has 1 atom stereocenters. The Morgan fingerprint density at radius 3 is 3.08 bits per heavy atom. The second-order valence-electron chi connectivity index (χ2n) is 6.25. The van der Waals surface area contributed by atoms with E-state index in [1.807, 2.05) is 23.9 Å². The maximum absolute atomic E-state index is 10.8. The Hall–Kier alpha value is -1.77. The van der Waals surface area contributed by atoms with Crippen LogP contribution in [0.1, 0.15) is 37.2 Å². The quantitative estimate of drug-likeness (QED) is 0.719. The van der Waals surface area contributed by atoms with E-state index in [-0.39, 0.29) is 0 Å². The molecule has 3 heterocycles. The van der Waals surface area contributed by atoms with Crippen LogP contribution in [0.5, 0.6) is 0 Å². The number of aliphatic hydroxyl groups is 1. The van der Waals surface area contributed by atoms with Crippen LogP contribution in [0.3, 0.4) is 0 Å². The highest BCUT2D eigenvalue weighted by molar-refractivity contribution is 5.07. The molecule has 1 saturated heterocycles. The number of likely N-dealkylation sites (tertiary alicyclic amines) is 1. The molecule has 1 fully saturated rings.